The first kappa shape index (κ1) is 15.4. The summed E-state index contributed by atoms with van der Waals surface area (Å²) in [6.07, 6.45) is 2.40. The molecule has 1 heterocycles. The van der Waals surface area contributed by atoms with Gasteiger partial charge in [0.05, 0.1) is 4.90 Å². The first-order valence-corrected chi connectivity index (χ1v) is 10.2. The van der Waals surface area contributed by atoms with Gasteiger partial charge in [0.1, 0.15) is 4.75 Å². The quantitative estimate of drug-likeness (QED) is 0.852. The molecule has 1 fully saturated rings. The molecule has 0 amide bonds. The van der Waals surface area contributed by atoms with E-state index in [1.54, 1.807) is 24.3 Å². The highest BCUT2D eigenvalue weighted by atomic mass is 79.9. The van der Waals surface area contributed by atoms with Crippen LogP contribution >= 0.6 is 15.9 Å². The highest BCUT2D eigenvalue weighted by Crippen LogP contribution is 2.49. The Bertz CT molecular complexity index is 851. The molecule has 3 nitrogen and oxygen atoms in total. The molecular weight excluding hydrogens is 374 g/mol. The molecule has 2 aromatic carbocycles. The van der Waals surface area contributed by atoms with Gasteiger partial charge in [-0.3, -0.25) is 0 Å². The predicted octanol–water partition coefficient (Wildman–Crippen LogP) is 3.43. The normalized spacial score (nSPS) is 26.6. The number of sulfone groups is 1. The zero-order valence-corrected chi connectivity index (χ0v) is 15.0. The third-order valence-electron chi connectivity index (χ3n) is 5.21. The number of hydrogen-bond acceptors (Lipinski definition) is 3. The van der Waals surface area contributed by atoms with Crippen LogP contribution in [-0.2, 0) is 21.0 Å². The van der Waals surface area contributed by atoms with Crippen molar-refractivity contribution in [1.29, 1.82) is 0 Å². The number of nitrogens with one attached hydrogen (secondary N) is 1. The average Bonchev–Trinajstić information content (AvgIpc) is 3.01. The van der Waals surface area contributed by atoms with Crippen molar-refractivity contribution >= 4 is 25.8 Å². The molecule has 4 rings (SSSR count). The third-order valence-corrected chi connectivity index (χ3v) is 8.26. The van der Waals surface area contributed by atoms with Gasteiger partial charge in [-0.2, -0.15) is 0 Å². The second-order valence-corrected chi connectivity index (χ2v) is 9.43. The molecule has 0 spiro atoms. The maximum atomic E-state index is 13.6. The molecule has 1 aliphatic carbocycles. The predicted molar refractivity (Wildman–Crippen MR) is 94.2 cm³/mol. The fourth-order valence-electron chi connectivity index (χ4n) is 4.19. The van der Waals surface area contributed by atoms with Crippen LogP contribution in [0.2, 0.25) is 0 Å². The molecule has 1 N–H and O–H groups in total. The van der Waals surface area contributed by atoms with Gasteiger partial charge in [-0.15, -0.1) is 0 Å². The van der Waals surface area contributed by atoms with Crippen LogP contribution in [0.15, 0.2) is 57.9 Å². The fraction of sp³-hybridized carbons (Fsp3) is 0.333. The van der Waals surface area contributed by atoms with Gasteiger partial charge in [0.15, 0.2) is 9.84 Å². The van der Waals surface area contributed by atoms with E-state index in [-0.39, 0.29) is 6.04 Å². The van der Waals surface area contributed by atoms with Crippen LogP contribution in [0.4, 0.5) is 0 Å². The minimum Gasteiger partial charge on any atom is -0.312 e. The van der Waals surface area contributed by atoms with Gasteiger partial charge in [-0.25, -0.2) is 8.42 Å². The molecule has 5 heteroatoms. The summed E-state index contributed by atoms with van der Waals surface area (Å²) in [6.45, 7) is 0.742. The number of benzene rings is 2. The largest absolute Gasteiger partial charge is 0.312 e. The molecule has 0 aromatic heterocycles. The molecule has 2 unspecified atom stereocenters. The van der Waals surface area contributed by atoms with Crippen molar-refractivity contribution in [3.8, 4) is 0 Å². The van der Waals surface area contributed by atoms with E-state index in [2.05, 4.69) is 27.3 Å². The third kappa shape index (κ3) is 2.13. The van der Waals surface area contributed by atoms with Crippen molar-refractivity contribution < 1.29 is 8.42 Å². The zero-order chi connectivity index (χ0) is 16.1. The van der Waals surface area contributed by atoms with E-state index in [9.17, 15) is 8.42 Å². The van der Waals surface area contributed by atoms with Crippen LogP contribution in [0.5, 0.6) is 0 Å². The second kappa shape index (κ2) is 5.43. The Balaban J connectivity index is 1.98. The molecule has 0 radical (unpaired) electrons. The summed E-state index contributed by atoms with van der Waals surface area (Å²) in [5.74, 6) is 0. The van der Waals surface area contributed by atoms with Crippen LogP contribution in [0, 0.1) is 0 Å². The van der Waals surface area contributed by atoms with Gasteiger partial charge < -0.3 is 5.32 Å². The summed E-state index contributed by atoms with van der Waals surface area (Å²) in [7, 11) is -3.46. The minimum absolute atomic E-state index is 0.0126. The van der Waals surface area contributed by atoms with Crippen LogP contribution < -0.4 is 5.32 Å². The SMILES string of the molecule is O=S(=O)(c1ccccc1)C12CCNC1CCc1cc(Br)ccc12. The van der Waals surface area contributed by atoms with Gasteiger partial charge in [0, 0.05) is 10.5 Å². The van der Waals surface area contributed by atoms with Crippen molar-refractivity contribution in [2.75, 3.05) is 6.54 Å². The maximum absolute atomic E-state index is 13.6. The van der Waals surface area contributed by atoms with E-state index in [1.807, 2.05) is 18.2 Å². The summed E-state index contributed by atoms with van der Waals surface area (Å²) < 4.78 is 27.3. The molecule has 2 atom stereocenters. The van der Waals surface area contributed by atoms with E-state index in [0.717, 1.165) is 35.0 Å². The van der Waals surface area contributed by atoms with Crippen molar-refractivity contribution in [1.82, 2.24) is 5.32 Å². The Hall–Kier alpha value is -1.17. The number of fused-ring (bicyclic) bond motifs is 3. The molecule has 2 aliphatic rings. The first-order valence-electron chi connectivity index (χ1n) is 7.88. The van der Waals surface area contributed by atoms with E-state index >= 15 is 0 Å². The van der Waals surface area contributed by atoms with Crippen LogP contribution in [0.1, 0.15) is 24.0 Å². The fourth-order valence-corrected chi connectivity index (χ4v) is 6.97. The summed E-state index contributed by atoms with van der Waals surface area (Å²) in [6, 6.07) is 14.9. The topological polar surface area (TPSA) is 46.2 Å². The van der Waals surface area contributed by atoms with Gasteiger partial charge in [-0.1, -0.05) is 40.2 Å². The van der Waals surface area contributed by atoms with Crippen molar-refractivity contribution in [3.63, 3.8) is 0 Å². The number of hydrogen-bond donors (Lipinski definition) is 1. The smallest absolute Gasteiger partial charge is 0.189 e. The summed E-state index contributed by atoms with van der Waals surface area (Å²) in [4.78, 5) is 0.421. The van der Waals surface area contributed by atoms with Gasteiger partial charge in [-0.05, 0) is 61.2 Å². The standard InChI is InChI=1S/C18H18BrNO2S/c19-14-7-8-16-13(12-14)6-9-17-18(16,10-11-20-17)23(21,22)15-4-2-1-3-5-15/h1-5,7-8,12,17,20H,6,9-11H2. The number of aryl methyl sites for hydroxylation is 1. The molecule has 0 saturated carbocycles. The monoisotopic (exact) mass is 391 g/mol. The maximum Gasteiger partial charge on any atom is 0.189 e. The van der Waals surface area contributed by atoms with E-state index in [0.29, 0.717) is 11.3 Å². The lowest BCUT2D eigenvalue weighted by molar-refractivity contribution is 0.416. The lowest BCUT2D eigenvalue weighted by Gasteiger charge is -2.40. The first-order chi connectivity index (χ1) is 11.1. The van der Waals surface area contributed by atoms with E-state index in [4.69, 9.17) is 0 Å². The van der Waals surface area contributed by atoms with Crippen LogP contribution in [0.3, 0.4) is 0 Å². The number of rotatable bonds is 2. The molecule has 2 aromatic rings. The summed E-state index contributed by atoms with van der Waals surface area (Å²) >= 11 is 3.51. The zero-order valence-electron chi connectivity index (χ0n) is 12.6. The molecule has 23 heavy (non-hydrogen) atoms. The number of halogens is 1. The Morgan fingerprint density at radius 1 is 1.13 bits per heavy atom. The van der Waals surface area contributed by atoms with Crippen LogP contribution in [-0.4, -0.2) is 21.0 Å². The summed E-state index contributed by atoms with van der Waals surface area (Å²) in [5, 5.41) is 3.44. The molecule has 120 valence electrons. The summed E-state index contributed by atoms with van der Waals surface area (Å²) in [5.41, 5.74) is 2.13. The lowest BCUT2D eigenvalue weighted by Crippen LogP contribution is -2.49. The molecule has 1 saturated heterocycles. The Labute approximate surface area is 145 Å². The van der Waals surface area contributed by atoms with E-state index in [1.165, 1.54) is 0 Å². The Morgan fingerprint density at radius 3 is 2.70 bits per heavy atom. The highest BCUT2D eigenvalue weighted by Gasteiger charge is 2.56. The average molecular weight is 392 g/mol. The van der Waals surface area contributed by atoms with Crippen molar-refractivity contribution in [2.45, 2.75) is 34.9 Å². The minimum atomic E-state index is -3.46. The Kier molecular flexibility index (Phi) is 3.63. The second-order valence-electron chi connectivity index (χ2n) is 6.30. The molecular formula is C18H18BrNO2S. The van der Waals surface area contributed by atoms with E-state index < -0.39 is 14.6 Å². The highest BCUT2D eigenvalue weighted by molar-refractivity contribution is 9.10. The van der Waals surface area contributed by atoms with Gasteiger partial charge in [0.25, 0.3) is 0 Å². The molecule has 0 bridgehead atoms. The lowest BCUT2D eigenvalue weighted by atomic mass is 9.79. The van der Waals surface area contributed by atoms with Crippen molar-refractivity contribution in [2.24, 2.45) is 0 Å². The Morgan fingerprint density at radius 2 is 1.91 bits per heavy atom. The van der Waals surface area contributed by atoms with Crippen LogP contribution in [0.25, 0.3) is 0 Å². The van der Waals surface area contributed by atoms with Gasteiger partial charge in [0.2, 0.25) is 0 Å². The van der Waals surface area contributed by atoms with Crippen molar-refractivity contribution in [3.05, 3.63) is 64.1 Å². The molecule has 1 aliphatic heterocycles. The van der Waals surface area contributed by atoms with Gasteiger partial charge >= 0.3 is 0 Å².